The number of hydrogen-bond donors (Lipinski definition) is 2. The van der Waals surface area contributed by atoms with Crippen LogP contribution in [0.3, 0.4) is 0 Å². The van der Waals surface area contributed by atoms with E-state index in [4.69, 9.17) is 16.3 Å². The van der Waals surface area contributed by atoms with Crippen LogP contribution in [0.2, 0.25) is 5.02 Å². The number of aryl methyl sites for hydroxylation is 1. The minimum Gasteiger partial charge on any atom is -0.482 e. The van der Waals surface area contributed by atoms with Crippen LogP contribution in [-0.2, 0) is 4.79 Å². The molecule has 7 heteroatoms. The highest BCUT2D eigenvalue weighted by atomic mass is 35.5. The van der Waals surface area contributed by atoms with Crippen molar-refractivity contribution in [2.75, 3.05) is 6.61 Å². The quantitative estimate of drug-likeness (QED) is 0.843. The lowest BCUT2D eigenvalue weighted by Gasteiger charge is -2.10. The average molecular weight is 337 g/mol. The van der Waals surface area contributed by atoms with E-state index in [1.807, 2.05) is 6.92 Å². The van der Waals surface area contributed by atoms with Gasteiger partial charge in [-0.2, -0.15) is 0 Å². The van der Waals surface area contributed by atoms with E-state index in [0.29, 0.717) is 5.56 Å². The molecule has 2 aromatic carbocycles. The molecule has 2 N–H and O–H groups in total. The van der Waals surface area contributed by atoms with Gasteiger partial charge in [-0.25, -0.2) is 4.39 Å². The molecule has 0 saturated heterocycles. The lowest BCUT2D eigenvalue weighted by molar-refractivity contribution is -0.123. The van der Waals surface area contributed by atoms with Crippen LogP contribution in [0.25, 0.3) is 0 Å². The third-order valence-electron chi connectivity index (χ3n) is 2.88. The molecule has 120 valence electrons. The number of amides is 2. The third-order valence-corrected chi connectivity index (χ3v) is 3.18. The molecule has 2 rings (SSSR count). The molecule has 0 spiro atoms. The van der Waals surface area contributed by atoms with Gasteiger partial charge in [-0.1, -0.05) is 29.3 Å². The van der Waals surface area contributed by atoms with Gasteiger partial charge in [-0.05, 0) is 37.3 Å². The second kappa shape index (κ2) is 7.60. The number of nitrogens with one attached hydrogen (secondary N) is 2. The molecule has 0 saturated carbocycles. The predicted molar refractivity (Wildman–Crippen MR) is 83.7 cm³/mol. The second-order valence-corrected chi connectivity index (χ2v) is 5.14. The number of benzene rings is 2. The van der Waals surface area contributed by atoms with Crippen molar-refractivity contribution in [3.8, 4) is 5.75 Å². The van der Waals surface area contributed by atoms with E-state index < -0.39 is 17.6 Å². The first-order valence-electron chi connectivity index (χ1n) is 6.69. The van der Waals surface area contributed by atoms with E-state index in [2.05, 4.69) is 10.9 Å². The van der Waals surface area contributed by atoms with E-state index in [9.17, 15) is 14.0 Å². The summed E-state index contributed by atoms with van der Waals surface area (Å²) >= 11 is 5.77. The van der Waals surface area contributed by atoms with Crippen LogP contribution < -0.4 is 15.6 Å². The number of carbonyl (C=O) groups is 2. The number of halogens is 2. The maximum atomic E-state index is 12.9. The number of hydrazine groups is 1. The number of ether oxygens (including phenoxy) is 1. The van der Waals surface area contributed by atoms with E-state index in [0.717, 1.165) is 17.7 Å². The van der Waals surface area contributed by atoms with Crippen molar-refractivity contribution in [2.24, 2.45) is 0 Å². The van der Waals surface area contributed by atoms with Gasteiger partial charge < -0.3 is 4.74 Å². The summed E-state index contributed by atoms with van der Waals surface area (Å²) in [5.41, 5.74) is 5.92. The normalized spacial score (nSPS) is 10.0. The zero-order chi connectivity index (χ0) is 16.8. The van der Waals surface area contributed by atoms with Gasteiger partial charge in [0.25, 0.3) is 11.8 Å². The van der Waals surface area contributed by atoms with Gasteiger partial charge in [0, 0.05) is 5.56 Å². The van der Waals surface area contributed by atoms with Crippen LogP contribution in [0, 0.1) is 12.7 Å². The van der Waals surface area contributed by atoms with Crippen LogP contribution in [0.4, 0.5) is 4.39 Å². The molecule has 0 aromatic heterocycles. The zero-order valence-electron chi connectivity index (χ0n) is 12.2. The SMILES string of the molecule is Cc1ccc(C(=O)NNC(=O)COc2ccc(F)cc2Cl)cc1. The Bertz CT molecular complexity index is 720. The first-order valence-corrected chi connectivity index (χ1v) is 7.07. The lowest BCUT2D eigenvalue weighted by atomic mass is 10.1. The van der Waals surface area contributed by atoms with Gasteiger partial charge in [0.15, 0.2) is 6.61 Å². The summed E-state index contributed by atoms with van der Waals surface area (Å²) < 4.78 is 18.0. The van der Waals surface area contributed by atoms with E-state index in [-0.39, 0.29) is 17.4 Å². The Morgan fingerprint density at radius 1 is 1.13 bits per heavy atom. The Morgan fingerprint density at radius 2 is 1.83 bits per heavy atom. The van der Waals surface area contributed by atoms with E-state index >= 15 is 0 Å². The van der Waals surface area contributed by atoms with Crippen molar-refractivity contribution in [1.82, 2.24) is 10.9 Å². The van der Waals surface area contributed by atoms with Gasteiger partial charge in [0.2, 0.25) is 0 Å². The largest absolute Gasteiger partial charge is 0.482 e. The molecule has 2 aromatic rings. The highest BCUT2D eigenvalue weighted by Crippen LogP contribution is 2.24. The molecule has 0 unspecified atom stereocenters. The molecular weight excluding hydrogens is 323 g/mol. The average Bonchev–Trinajstić information content (AvgIpc) is 2.52. The Balaban J connectivity index is 1.81. The van der Waals surface area contributed by atoms with Crippen LogP contribution >= 0.6 is 11.6 Å². The third kappa shape index (κ3) is 4.96. The summed E-state index contributed by atoms with van der Waals surface area (Å²) in [7, 11) is 0. The van der Waals surface area contributed by atoms with E-state index in [1.165, 1.54) is 6.07 Å². The molecule has 0 fully saturated rings. The monoisotopic (exact) mass is 336 g/mol. The number of hydrogen-bond acceptors (Lipinski definition) is 3. The smallest absolute Gasteiger partial charge is 0.276 e. The van der Waals surface area contributed by atoms with Crippen molar-refractivity contribution < 1.29 is 18.7 Å². The fraction of sp³-hybridized carbons (Fsp3) is 0.125. The standard InChI is InChI=1S/C16H14ClFN2O3/c1-10-2-4-11(5-3-10)16(22)20-19-15(21)9-23-14-7-6-12(18)8-13(14)17/h2-8H,9H2,1H3,(H,19,21)(H,20,22). The summed E-state index contributed by atoms with van der Waals surface area (Å²) in [5.74, 6) is -1.35. The summed E-state index contributed by atoms with van der Waals surface area (Å²) in [5, 5.41) is 0.0569. The molecule has 0 heterocycles. The zero-order valence-corrected chi connectivity index (χ0v) is 13.0. The van der Waals surface area contributed by atoms with Gasteiger partial charge >= 0.3 is 0 Å². The Hall–Kier alpha value is -2.60. The maximum absolute atomic E-state index is 12.9. The van der Waals surface area contributed by atoms with Crippen molar-refractivity contribution in [1.29, 1.82) is 0 Å². The topological polar surface area (TPSA) is 67.4 Å². The first kappa shape index (κ1) is 16.8. The van der Waals surface area contributed by atoms with Crippen LogP contribution in [0.1, 0.15) is 15.9 Å². The summed E-state index contributed by atoms with van der Waals surface area (Å²) in [6.07, 6.45) is 0. The minimum atomic E-state index is -0.578. The molecule has 0 aliphatic heterocycles. The summed E-state index contributed by atoms with van der Waals surface area (Å²) in [4.78, 5) is 23.4. The fourth-order valence-corrected chi connectivity index (χ4v) is 1.90. The molecule has 5 nitrogen and oxygen atoms in total. The second-order valence-electron chi connectivity index (χ2n) is 4.73. The number of carbonyl (C=O) groups excluding carboxylic acids is 2. The van der Waals surface area contributed by atoms with Gasteiger partial charge in [-0.3, -0.25) is 20.4 Å². The van der Waals surface area contributed by atoms with Crippen molar-refractivity contribution >= 4 is 23.4 Å². The van der Waals surface area contributed by atoms with Gasteiger partial charge in [0.05, 0.1) is 5.02 Å². The van der Waals surface area contributed by atoms with Crippen LogP contribution in [-0.4, -0.2) is 18.4 Å². The Kier molecular flexibility index (Phi) is 5.54. The molecule has 2 amide bonds. The molecule has 0 aliphatic carbocycles. The molecular formula is C16H14ClFN2O3. The van der Waals surface area contributed by atoms with Crippen LogP contribution in [0.15, 0.2) is 42.5 Å². The lowest BCUT2D eigenvalue weighted by Crippen LogP contribution is -2.43. The minimum absolute atomic E-state index is 0.0569. The summed E-state index contributed by atoms with van der Waals surface area (Å²) in [6.45, 7) is 1.53. The van der Waals surface area contributed by atoms with Crippen molar-refractivity contribution in [2.45, 2.75) is 6.92 Å². The molecule has 23 heavy (non-hydrogen) atoms. The van der Waals surface area contributed by atoms with Gasteiger partial charge in [-0.15, -0.1) is 0 Å². The predicted octanol–water partition coefficient (Wildman–Crippen LogP) is 2.63. The molecule has 0 atom stereocenters. The first-order chi connectivity index (χ1) is 11.0. The van der Waals surface area contributed by atoms with Crippen molar-refractivity contribution in [3.05, 3.63) is 64.4 Å². The van der Waals surface area contributed by atoms with E-state index in [1.54, 1.807) is 24.3 Å². The number of rotatable bonds is 4. The Morgan fingerprint density at radius 3 is 2.48 bits per heavy atom. The highest BCUT2D eigenvalue weighted by Gasteiger charge is 2.09. The molecule has 0 radical (unpaired) electrons. The molecule has 0 aliphatic rings. The maximum Gasteiger partial charge on any atom is 0.276 e. The summed E-state index contributed by atoms with van der Waals surface area (Å²) in [6, 6.07) is 10.4. The molecule has 0 bridgehead atoms. The van der Waals surface area contributed by atoms with Crippen molar-refractivity contribution in [3.63, 3.8) is 0 Å². The fourth-order valence-electron chi connectivity index (χ4n) is 1.68. The van der Waals surface area contributed by atoms with Crippen LogP contribution in [0.5, 0.6) is 5.75 Å². The van der Waals surface area contributed by atoms with Gasteiger partial charge in [0.1, 0.15) is 11.6 Å². The Labute approximate surface area is 137 Å². The highest BCUT2D eigenvalue weighted by molar-refractivity contribution is 6.32.